The first-order chi connectivity index (χ1) is 11.2. The minimum absolute atomic E-state index is 0.573. The summed E-state index contributed by atoms with van der Waals surface area (Å²) in [5.41, 5.74) is 10.5. The van der Waals surface area contributed by atoms with Crippen molar-refractivity contribution < 1.29 is 0 Å². The Morgan fingerprint density at radius 2 is 1.74 bits per heavy atom. The standard InChI is InChI=1S/C19H16ClN3/c20-16-8-4-7-15(9-16)10-19-18(22)11-17(12-21)23(19)13-14-5-2-1-3-6-14/h1-9,11H,10,13,22H2. The van der Waals surface area contributed by atoms with Gasteiger partial charge in [0, 0.05) is 23.7 Å². The summed E-state index contributed by atoms with van der Waals surface area (Å²) in [5, 5.41) is 10.1. The molecule has 0 spiro atoms. The molecular formula is C19H16ClN3. The first kappa shape index (κ1) is 15.2. The molecule has 2 aromatic carbocycles. The molecule has 1 aromatic heterocycles. The van der Waals surface area contributed by atoms with Gasteiger partial charge in [-0.1, -0.05) is 54.1 Å². The van der Waals surface area contributed by atoms with Crippen molar-refractivity contribution in [3.63, 3.8) is 0 Å². The van der Waals surface area contributed by atoms with Gasteiger partial charge in [-0.15, -0.1) is 0 Å². The van der Waals surface area contributed by atoms with Gasteiger partial charge in [0.05, 0.1) is 5.69 Å². The molecule has 0 atom stereocenters. The van der Waals surface area contributed by atoms with E-state index in [-0.39, 0.29) is 0 Å². The fourth-order valence-corrected chi connectivity index (χ4v) is 2.90. The molecule has 4 heteroatoms. The van der Waals surface area contributed by atoms with E-state index in [2.05, 4.69) is 6.07 Å². The Morgan fingerprint density at radius 3 is 2.43 bits per heavy atom. The highest BCUT2D eigenvalue weighted by Gasteiger charge is 2.14. The van der Waals surface area contributed by atoms with Gasteiger partial charge in [0.25, 0.3) is 0 Å². The molecule has 0 saturated carbocycles. The molecule has 0 radical (unpaired) electrons. The van der Waals surface area contributed by atoms with Gasteiger partial charge < -0.3 is 10.3 Å². The van der Waals surface area contributed by atoms with E-state index in [1.165, 1.54) is 0 Å². The molecule has 23 heavy (non-hydrogen) atoms. The summed E-state index contributed by atoms with van der Waals surface area (Å²) in [4.78, 5) is 0. The van der Waals surface area contributed by atoms with Crippen LogP contribution in [-0.2, 0) is 13.0 Å². The van der Waals surface area contributed by atoms with Crippen LogP contribution in [0.1, 0.15) is 22.5 Å². The smallest absolute Gasteiger partial charge is 0.122 e. The molecule has 0 bridgehead atoms. The first-order valence-electron chi connectivity index (χ1n) is 7.33. The van der Waals surface area contributed by atoms with Crippen LogP contribution >= 0.6 is 11.6 Å². The van der Waals surface area contributed by atoms with Crippen molar-refractivity contribution in [1.82, 2.24) is 4.57 Å². The number of rotatable bonds is 4. The second-order valence-corrected chi connectivity index (χ2v) is 5.86. The second kappa shape index (κ2) is 6.60. The minimum Gasteiger partial charge on any atom is -0.397 e. The van der Waals surface area contributed by atoms with E-state index in [9.17, 15) is 5.26 Å². The predicted molar refractivity (Wildman–Crippen MR) is 93.4 cm³/mol. The molecule has 0 amide bonds. The third kappa shape index (κ3) is 3.39. The normalized spacial score (nSPS) is 10.4. The molecule has 3 nitrogen and oxygen atoms in total. The van der Waals surface area contributed by atoms with Crippen LogP contribution in [-0.4, -0.2) is 4.57 Å². The van der Waals surface area contributed by atoms with Gasteiger partial charge in [-0.2, -0.15) is 5.26 Å². The molecule has 114 valence electrons. The van der Waals surface area contributed by atoms with Crippen LogP contribution in [0.15, 0.2) is 60.7 Å². The quantitative estimate of drug-likeness (QED) is 0.781. The first-order valence-corrected chi connectivity index (χ1v) is 7.71. The Labute approximate surface area is 140 Å². The van der Waals surface area contributed by atoms with E-state index < -0.39 is 0 Å². The van der Waals surface area contributed by atoms with Crippen molar-refractivity contribution >= 4 is 17.3 Å². The molecule has 0 aliphatic rings. The number of hydrogen-bond donors (Lipinski definition) is 1. The van der Waals surface area contributed by atoms with E-state index in [4.69, 9.17) is 17.3 Å². The summed E-state index contributed by atoms with van der Waals surface area (Å²) in [5.74, 6) is 0. The Hall–Kier alpha value is -2.70. The Bertz CT molecular complexity index is 860. The van der Waals surface area contributed by atoms with Gasteiger partial charge in [-0.25, -0.2) is 0 Å². The van der Waals surface area contributed by atoms with Crippen molar-refractivity contribution in [1.29, 1.82) is 5.26 Å². The lowest BCUT2D eigenvalue weighted by Gasteiger charge is -2.12. The van der Waals surface area contributed by atoms with Gasteiger partial charge in [0.1, 0.15) is 11.8 Å². The number of benzene rings is 2. The number of anilines is 1. The molecule has 1 heterocycles. The van der Waals surface area contributed by atoms with Crippen LogP contribution < -0.4 is 5.73 Å². The lowest BCUT2D eigenvalue weighted by molar-refractivity contribution is 0.749. The predicted octanol–water partition coefficient (Wildman–Crippen LogP) is 4.23. The number of aromatic nitrogens is 1. The summed E-state index contributed by atoms with van der Waals surface area (Å²) in [7, 11) is 0. The monoisotopic (exact) mass is 321 g/mol. The number of nitriles is 1. The summed E-state index contributed by atoms with van der Waals surface area (Å²) in [6, 6.07) is 21.7. The highest BCUT2D eigenvalue weighted by atomic mass is 35.5. The van der Waals surface area contributed by atoms with E-state index in [0.717, 1.165) is 16.8 Å². The Balaban J connectivity index is 1.99. The molecular weight excluding hydrogens is 306 g/mol. The molecule has 0 aliphatic carbocycles. The van der Waals surface area contributed by atoms with E-state index >= 15 is 0 Å². The van der Waals surface area contributed by atoms with Gasteiger partial charge in [-0.3, -0.25) is 0 Å². The summed E-state index contributed by atoms with van der Waals surface area (Å²) in [6.07, 6.45) is 0.640. The van der Waals surface area contributed by atoms with Crippen LogP contribution in [0.25, 0.3) is 0 Å². The zero-order valence-electron chi connectivity index (χ0n) is 12.5. The fraction of sp³-hybridized carbons (Fsp3) is 0.105. The second-order valence-electron chi connectivity index (χ2n) is 5.42. The summed E-state index contributed by atoms with van der Waals surface area (Å²) < 4.78 is 1.98. The molecule has 3 aromatic rings. The number of nitrogens with zero attached hydrogens (tertiary/aromatic N) is 2. The maximum atomic E-state index is 9.40. The molecule has 0 fully saturated rings. The van der Waals surface area contributed by atoms with Gasteiger partial charge in [0.15, 0.2) is 0 Å². The number of hydrogen-bond acceptors (Lipinski definition) is 2. The number of halogens is 1. The van der Waals surface area contributed by atoms with Crippen LogP contribution in [0.2, 0.25) is 5.02 Å². The third-order valence-corrected chi connectivity index (χ3v) is 4.04. The SMILES string of the molecule is N#Cc1cc(N)c(Cc2cccc(Cl)c2)n1Cc1ccccc1. The van der Waals surface area contributed by atoms with Crippen LogP contribution in [0.3, 0.4) is 0 Å². The largest absolute Gasteiger partial charge is 0.397 e. The highest BCUT2D eigenvalue weighted by Crippen LogP contribution is 2.24. The van der Waals surface area contributed by atoms with Gasteiger partial charge in [-0.05, 0) is 29.3 Å². The van der Waals surface area contributed by atoms with E-state index in [0.29, 0.717) is 29.4 Å². The zero-order chi connectivity index (χ0) is 16.2. The van der Waals surface area contributed by atoms with E-state index in [1.807, 2.05) is 59.2 Å². The highest BCUT2D eigenvalue weighted by molar-refractivity contribution is 6.30. The lowest BCUT2D eigenvalue weighted by Crippen LogP contribution is -2.08. The third-order valence-electron chi connectivity index (χ3n) is 3.80. The number of nitrogens with two attached hydrogens (primary N) is 1. The molecule has 2 N–H and O–H groups in total. The van der Waals surface area contributed by atoms with Crippen LogP contribution in [0, 0.1) is 11.3 Å². The van der Waals surface area contributed by atoms with Crippen LogP contribution in [0.4, 0.5) is 5.69 Å². The van der Waals surface area contributed by atoms with Crippen molar-refractivity contribution in [3.05, 3.63) is 88.2 Å². The van der Waals surface area contributed by atoms with E-state index in [1.54, 1.807) is 6.07 Å². The topological polar surface area (TPSA) is 54.7 Å². The summed E-state index contributed by atoms with van der Waals surface area (Å²) >= 11 is 6.06. The molecule has 0 unspecified atom stereocenters. The average Bonchev–Trinajstić information content (AvgIpc) is 2.84. The fourth-order valence-electron chi connectivity index (χ4n) is 2.69. The van der Waals surface area contributed by atoms with Crippen molar-refractivity contribution in [2.45, 2.75) is 13.0 Å². The van der Waals surface area contributed by atoms with Crippen molar-refractivity contribution in [2.24, 2.45) is 0 Å². The molecule has 3 rings (SSSR count). The molecule has 0 aliphatic heterocycles. The van der Waals surface area contributed by atoms with Gasteiger partial charge >= 0.3 is 0 Å². The maximum absolute atomic E-state index is 9.40. The number of nitrogen functional groups attached to an aromatic ring is 1. The zero-order valence-corrected chi connectivity index (χ0v) is 13.3. The van der Waals surface area contributed by atoms with Crippen molar-refractivity contribution in [2.75, 3.05) is 5.73 Å². The van der Waals surface area contributed by atoms with Crippen molar-refractivity contribution in [3.8, 4) is 6.07 Å². The minimum atomic E-state index is 0.573. The Morgan fingerprint density at radius 1 is 1.00 bits per heavy atom. The average molecular weight is 322 g/mol. The maximum Gasteiger partial charge on any atom is 0.122 e. The molecule has 0 saturated heterocycles. The summed E-state index contributed by atoms with van der Waals surface area (Å²) in [6.45, 7) is 0.622. The van der Waals surface area contributed by atoms with Crippen LogP contribution in [0.5, 0.6) is 0 Å². The van der Waals surface area contributed by atoms with Gasteiger partial charge in [0.2, 0.25) is 0 Å². The Kier molecular flexibility index (Phi) is 4.36. The lowest BCUT2D eigenvalue weighted by atomic mass is 10.1.